The molecule has 0 heterocycles. The average Bonchev–Trinajstić information content (AvgIpc) is 2.57. The van der Waals surface area contributed by atoms with Gasteiger partial charge in [0.15, 0.2) is 0 Å². The molecule has 0 N–H and O–H groups in total. The van der Waals surface area contributed by atoms with Crippen LogP contribution >= 0.6 is 0 Å². The lowest BCUT2D eigenvalue weighted by atomic mass is 10.0. The molecule has 23 heavy (non-hydrogen) atoms. The molecule has 2 heteroatoms. The standard InChI is InChI=1S/C21H26O2/c1-3-5-6-10-17-13-15-19(16-14-17)23-21(22)20-12-8-7-11-18(20)9-4-2/h7-8,11-16H,3-6,9-10H2,1-2H3. The molecule has 0 aliphatic carbocycles. The highest BCUT2D eigenvalue weighted by atomic mass is 16.5. The fourth-order valence-corrected chi connectivity index (χ4v) is 2.67. The smallest absolute Gasteiger partial charge is 0.343 e. The van der Waals surface area contributed by atoms with Gasteiger partial charge in [-0.25, -0.2) is 4.79 Å². The van der Waals surface area contributed by atoms with Crippen LogP contribution in [0, 0.1) is 0 Å². The number of carbonyl (C=O) groups excluding carboxylic acids is 1. The summed E-state index contributed by atoms with van der Waals surface area (Å²) in [6, 6.07) is 15.6. The molecule has 0 spiro atoms. The molecular formula is C21H26O2. The summed E-state index contributed by atoms with van der Waals surface area (Å²) in [6.45, 7) is 4.32. The normalized spacial score (nSPS) is 10.5. The van der Waals surface area contributed by atoms with Gasteiger partial charge in [-0.2, -0.15) is 0 Å². The molecule has 0 radical (unpaired) electrons. The molecule has 0 aliphatic heterocycles. The molecule has 2 aromatic rings. The number of benzene rings is 2. The maximum Gasteiger partial charge on any atom is 0.343 e. The Balaban J connectivity index is 2.00. The van der Waals surface area contributed by atoms with Crippen molar-refractivity contribution in [1.82, 2.24) is 0 Å². The first-order valence-electron chi connectivity index (χ1n) is 8.63. The van der Waals surface area contributed by atoms with Crippen molar-refractivity contribution in [3.63, 3.8) is 0 Å². The second-order valence-electron chi connectivity index (χ2n) is 5.90. The molecule has 0 unspecified atom stereocenters. The van der Waals surface area contributed by atoms with Gasteiger partial charge in [-0.15, -0.1) is 0 Å². The molecule has 0 bridgehead atoms. The van der Waals surface area contributed by atoms with E-state index in [0.717, 1.165) is 24.8 Å². The van der Waals surface area contributed by atoms with Gasteiger partial charge in [0.25, 0.3) is 0 Å². The van der Waals surface area contributed by atoms with E-state index in [1.54, 1.807) is 0 Å². The Bertz CT molecular complexity index is 614. The number of rotatable bonds is 8. The molecule has 0 aliphatic rings. The van der Waals surface area contributed by atoms with Gasteiger partial charge in [-0.3, -0.25) is 0 Å². The topological polar surface area (TPSA) is 26.3 Å². The zero-order chi connectivity index (χ0) is 16.5. The zero-order valence-electron chi connectivity index (χ0n) is 14.2. The summed E-state index contributed by atoms with van der Waals surface area (Å²) < 4.78 is 5.53. The third-order valence-corrected chi connectivity index (χ3v) is 3.96. The van der Waals surface area contributed by atoms with Crippen molar-refractivity contribution >= 4 is 5.97 Å². The molecule has 0 saturated carbocycles. The van der Waals surface area contributed by atoms with Crippen molar-refractivity contribution in [2.45, 2.75) is 52.4 Å². The molecule has 122 valence electrons. The van der Waals surface area contributed by atoms with E-state index in [1.807, 2.05) is 36.4 Å². The van der Waals surface area contributed by atoms with Crippen molar-refractivity contribution in [2.75, 3.05) is 0 Å². The molecular weight excluding hydrogens is 284 g/mol. The van der Waals surface area contributed by atoms with Crippen molar-refractivity contribution in [3.05, 3.63) is 65.2 Å². The number of hydrogen-bond acceptors (Lipinski definition) is 2. The van der Waals surface area contributed by atoms with Gasteiger partial charge >= 0.3 is 5.97 Å². The lowest BCUT2D eigenvalue weighted by Crippen LogP contribution is -2.11. The maximum absolute atomic E-state index is 12.4. The zero-order valence-corrected chi connectivity index (χ0v) is 14.2. The minimum Gasteiger partial charge on any atom is -0.423 e. The van der Waals surface area contributed by atoms with Gasteiger partial charge < -0.3 is 4.74 Å². The van der Waals surface area contributed by atoms with Crippen molar-refractivity contribution in [3.8, 4) is 5.75 Å². The van der Waals surface area contributed by atoms with E-state index in [4.69, 9.17) is 4.74 Å². The van der Waals surface area contributed by atoms with Crippen LogP contribution in [-0.4, -0.2) is 5.97 Å². The van der Waals surface area contributed by atoms with Gasteiger partial charge in [-0.1, -0.05) is 63.4 Å². The predicted molar refractivity (Wildman–Crippen MR) is 95.1 cm³/mol. The fraction of sp³-hybridized carbons (Fsp3) is 0.381. The number of unbranched alkanes of at least 4 members (excludes halogenated alkanes) is 2. The number of carbonyl (C=O) groups is 1. The van der Waals surface area contributed by atoms with Crippen LogP contribution in [0.4, 0.5) is 0 Å². The Morgan fingerprint density at radius 2 is 1.61 bits per heavy atom. The first-order chi connectivity index (χ1) is 11.2. The summed E-state index contributed by atoms with van der Waals surface area (Å²) in [4.78, 5) is 12.4. The number of hydrogen-bond donors (Lipinski definition) is 0. The Hall–Kier alpha value is -2.09. The highest BCUT2D eigenvalue weighted by molar-refractivity contribution is 5.92. The van der Waals surface area contributed by atoms with Crippen LogP contribution in [0.5, 0.6) is 5.75 Å². The third kappa shape index (κ3) is 5.24. The maximum atomic E-state index is 12.4. The molecule has 2 nitrogen and oxygen atoms in total. The average molecular weight is 310 g/mol. The molecule has 0 atom stereocenters. The fourth-order valence-electron chi connectivity index (χ4n) is 2.67. The van der Waals surface area contributed by atoms with Gasteiger partial charge in [-0.05, 0) is 48.6 Å². The second kappa shape index (κ2) is 9.14. The Kier molecular flexibility index (Phi) is 6.86. The minimum atomic E-state index is -0.271. The summed E-state index contributed by atoms with van der Waals surface area (Å²) in [5.41, 5.74) is 3.02. The van der Waals surface area contributed by atoms with E-state index in [-0.39, 0.29) is 5.97 Å². The van der Waals surface area contributed by atoms with Crippen LogP contribution in [0.25, 0.3) is 0 Å². The van der Waals surface area contributed by atoms with Crippen LogP contribution in [0.3, 0.4) is 0 Å². The van der Waals surface area contributed by atoms with Crippen molar-refractivity contribution < 1.29 is 9.53 Å². The first-order valence-corrected chi connectivity index (χ1v) is 8.63. The SMILES string of the molecule is CCCCCc1ccc(OC(=O)c2ccccc2CCC)cc1. The van der Waals surface area contributed by atoms with E-state index >= 15 is 0 Å². The van der Waals surface area contributed by atoms with Crippen LogP contribution in [-0.2, 0) is 12.8 Å². The van der Waals surface area contributed by atoms with E-state index < -0.39 is 0 Å². The number of aryl methyl sites for hydroxylation is 2. The number of ether oxygens (including phenoxy) is 1. The van der Waals surface area contributed by atoms with Gasteiger partial charge in [0.05, 0.1) is 5.56 Å². The summed E-state index contributed by atoms with van der Waals surface area (Å²) in [6.07, 6.45) is 6.68. The van der Waals surface area contributed by atoms with E-state index in [9.17, 15) is 4.79 Å². The summed E-state index contributed by atoms with van der Waals surface area (Å²) in [7, 11) is 0. The summed E-state index contributed by atoms with van der Waals surface area (Å²) in [5, 5.41) is 0. The van der Waals surface area contributed by atoms with E-state index in [2.05, 4.69) is 26.0 Å². The largest absolute Gasteiger partial charge is 0.423 e. The Morgan fingerprint density at radius 3 is 2.30 bits per heavy atom. The van der Waals surface area contributed by atoms with Crippen LogP contribution < -0.4 is 4.74 Å². The number of esters is 1. The monoisotopic (exact) mass is 310 g/mol. The minimum absolute atomic E-state index is 0.271. The predicted octanol–water partition coefficient (Wildman–Crippen LogP) is 5.59. The van der Waals surface area contributed by atoms with Crippen LogP contribution in [0.2, 0.25) is 0 Å². The highest BCUT2D eigenvalue weighted by Gasteiger charge is 2.12. The molecule has 0 saturated heterocycles. The van der Waals surface area contributed by atoms with Crippen molar-refractivity contribution in [2.24, 2.45) is 0 Å². The lowest BCUT2D eigenvalue weighted by molar-refractivity contribution is 0.0733. The van der Waals surface area contributed by atoms with Crippen molar-refractivity contribution in [1.29, 1.82) is 0 Å². The summed E-state index contributed by atoms with van der Waals surface area (Å²) in [5.74, 6) is 0.341. The Morgan fingerprint density at radius 1 is 0.870 bits per heavy atom. The lowest BCUT2D eigenvalue weighted by Gasteiger charge is -2.09. The van der Waals surface area contributed by atoms with E-state index in [1.165, 1.54) is 24.8 Å². The quantitative estimate of drug-likeness (QED) is 0.361. The van der Waals surface area contributed by atoms with Crippen LogP contribution in [0.15, 0.2) is 48.5 Å². The highest BCUT2D eigenvalue weighted by Crippen LogP contribution is 2.18. The molecule has 0 amide bonds. The van der Waals surface area contributed by atoms with E-state index in [0.29, 0.717) is 11.3 Å². The van der Waals surface area contributed by atoms with Gasteiger partial charge in [0.2, 0.25) is 0 Å². The second-order valence-corrected chi connectivity index (χ2v) is 5.90. The molecule has 0 aromatic heterocycles. The third-order valence-electron chi connectivity index (χ3n) is 3.96. The molecule has 0 fully saturated rings. The van der Waals surface area contributed by atoms with Crippen LogP contribution in [0.1, 0.15) is 61.0 Å². The Labute approximate surface area is 139 Å². The van der Waals surface area contributed by atoms with Gasteiger partial charge in [0, 0.05) is 0 Å². The molecule has 2 rings (SSSR count). The van der Waals surface area contributed by atoms with Gasteiger partial charge in [0.1, 0.15) is 5.75 Å². The molecule has 2 aromatic carbocycles. The summed E-state index contributed by atoms with van der Waals surface area (Å²) >= 11 is 0. The first kappa shape index (κ1) is 17.3.